The molecule has 0 atom stereocenters. The summed E-state index contributed by atoms with van der Waals surface area (Å²) in [5.41, 5.74) is 7.48. The Morgan fingerprint density at radius 1 is 0.870 bits per heavy atom. The van der Waals surface area contributed by atoms with E-state index < -0.39 is 10.0 Å². The van der Waals surface area contributed by atoms with E-state index in [1.54, 1.807) is 37.4 Å². The minimum absolute atomic E-state index is 0.278. The van der Waals surface area contributed by atoms with Gasteiger partial charge in [0.05, 0.1) is 4.90 Å². The SMILES string of the molecule is CN(Cc1ccccc1)S(=O)(=O)c1cccc2c(N)cccc12. The van der Waals surface area contributed by atoms with Gasteiger partial charge in [-0.2, -0.15) is 4.31 Å². The number of fused-ring (bicyclic) bond motifs is 1. The lowest BCUT2D eigenvalue weighted by atomic mass is 10.1. The average Bonchev–Trinajstić information content (AvgIpc) is 2.55. The van der Waals surface area contributed by atoms with Crippen molar-refractivity contribution < 1.29 is 8.42 Å². The van der Waals surface area contributed by atoms with Gasteiger partial charge in [0.1, 0.15) is 0 Å². The number of benzene rings is 3. The van der Waals surface area contributed by atoms with Gasteiger partial charge in [-0.05, 0) is 17.7 Å². The first-order valence-corrected chi connectivity index (χ1v) is 8.71. The second-order valence-electron chi connectivity index (χ2n) is 5.45. The Hall–Kier alpha value is -2.37. The van der Waals surface area contributed by atoms with Crippen LogP contribution in [0.15, 0.2) is 71.6 Å². The first-order chi connectivity index (χ1) is 11.0. The van der Waals surface area contributed by atoms with Crippen molar-refractivity contribution in [2.75, 3.05) is 12.8 Å². The van der Waals surface area contributed by atoms with Crippen LogP contribution in [0, 0.1) is 0 Å². The number of anilines is 1. The molecule has 3 aromatic carbocycles. The number of rotatable bonds is 4. The summed E-state index contributed by atoms with van der Waals surface area (Å²) in [5.74, 6) is 0. The van der Waals surface area contributed by atoms with Crippen LogP contribution in [0.3, 0.4) is 0 Å². The van der Waals surface area contributed by atoms with Crippen LogP contribution in [-0.4, -0.2) is 19.8 Å². The van der Waals surface area contributed by atoms with Gasteiger partial charge >= 0.3 is 0 Å². The normalized spacial score (nSPS) is 11.9. The van der Waals surface area contributed by atoms with Crippen molar-refractivity contribution in [3.05, 3.63) is 72.3 Å². The quantitative estimate of drug-likeness (QED) is 0.749. The number of hydrogen-bond acceptors (Lipinski definition) is 3. The molecular weight excluding hydrogens is 308 g/mol. The number of hydrogen-bond donors (Lipinski definition) is 1. The molecule has 2 N–H and O–H groups in total. The molecule has 0 aliphatic heterocycles. The van der Waals surface area contributed by atoms with E-state index in [9.17, 15) is 8.42 Å². The topological polar surface area (TPSA) is 63.4 Å². The summed E-state index contributed by atoms with van der Waals surface area (Å²) in [6, 6.07) is 20.0. The van der Waals surface area contributed by atoms with Gasteiger partial charge in [-0.3, -0.25) is 0 Å². The Kier molecular flexibility index (Phi) is 4.07. The summed E-state index contributed by atoms with van der Waals surface area (Å²) in [6.45, 7) is 0.321. The molecule has 3 rings (SSSR count). The van der Waals surface area contributed by atoms with Gasteiger partial charge < -0.3 is 5.73 Å². The van der Waals surface area contributed by atoms with E-state index in [1.165, 1.54) is 4.31 Å². The highest BCUT2D eigenvalue weighted by Gasteiger charge is 2.23. The summed E-state index contributed by atoms with van der Waals surface area (Å²) >= 11 is 0. The minimum Gasteiger partial charge on any atom is -0.398 e. The van der Waals surface area contributed by atoms with E-state index in [-0.39, 0.29) is 4.90 Å². The Labute approximate surface area is 136 Å². The zero-order chi connectivity index (χ0) is 16.4. The van der Waals surface area contributed by atoms with Gasteiger partial charge in [-0.25, -0.2) is 8.42 Å². The predicted molar refractivity (Wildman–Crippen MR) is 93.5 cm³/mol. The summed E-state index contributed by atoms with van der Waals surface area (Å²) < 4.78 is 27.3. The molecule has 4 nitrogen and oxygen atoms in total. The molecule has 0 aromatic heterocycles. The fourth-order valence-corrected chi connectivity index (χ4v) is 3.99. The molecule has 0 saturated carbocycles. The molecule has 118 valence electrons. The third-order valence-corrected chi connectivity index (χ3v) is 5.71. The maximum absolute atomic E-state index is 12.9. The first-order valence-electron chi connectivity index (χ1n) is 7.27. The molecule has 0 saturated heterocycles. The van der Waals surface area contributed by atoms with Gasteiger partial charge in [0.15, 0.2) is 0 Å². The van der Waals surface area contributed by atoms with Crippen LogP contribution in [0.2, 0.25) is 0 Å². The maximum Gasteiger partial charge on any atom is 0.243 e. The molecule has 0 amide bonds. The molecule has 0 aliphatic carbocycles. The highest BCUT2D eigenvalue weighted by Crippen LogP contribution is 2.29. The summed E-state index contributed by atoms with van der Waals surface area (Å²) in [7, 11) is -2.01. The van der Waals surface area contributed by atoms with Crippen molar-refractivity contribution in [1.29, 1.82) is 0 Å². The summed E-state index contributed by atoms with van der Waals surface area (Å²) in [4.78, 5) is 0.278. The summed E-state index contributed by atoms with van der Waals surface area (Å²) in [6.07, 6.45) is 0. The van der Waals surface area contributed by atoms with Gasteiger partial charge in [-0.1, -0.05) is 54.6 Å². The van der Waals surface area contributed by atoms with E-state index in [0.29, 0.717) is 17.6 Å². The van der Waals surface area contributed by atoms with Crippen LogP contribution >= 0.6 is 0 Å². The van der Waals surface area contributed by atoms with Crippen molar-refractivity contribution in [2.45, 2.75) is 11.4 Å². The molecule has 0 fully saturated rings. The molecule has 0 unspecified atom stereocenters. The monoisotopic (exact) mass is 326 g/mol. The van der Waals surface area contributed by atoms with Crippen LogP contribution in [0.1, 0.15) is 5.56 Å². The molecule has 23 heavy (non-hydrogen) atoms. The lowest BCUT2D eigenvalue weighted by Gasteiger charge is -2.19. The molecule has 0 heterocycles. The second kappa shape index (κ2) is 6.02. The van der Waals surface area contributed by atoms with Crippen LogP contribution < -0.4 is 5.73 Å². The highest BCUT2D eigenvalue weighted by atomic mass is 32.2. The third-order valence-electron chi connectivity index (χ3n) is 3.85. The smallest absolute Gasteiger partial charge is 0.243 e. The van der Waals surface area contributed by atoms with Crippen molar-refractivity contribution in [2.24, 2.45) is 0 Å². The maximum atomic E-state index is 12.9. The van der Waals surface area contributed by atoms with E-state index in [1.807, 2.05) is 36.4 Å². The highest BCUT2D eigenvalue weighted by molar-refractivity contribution is 7.89. The Balaban J connectivity index is 2.05. The van der Waals surface area contributed by atoms with Crippen LogP contribution in [-0.2, 0) is 16.6 Å². The van der Waals surface area contributed by atoms with Gasteiger partial charge in [0.2, 0.25) is 10.0 Å². The van der Waals surface area contributed by atoms with Gasteiger partial charge in [0, 0.05) is 30.1 Å². The second-order valence-corrected chi connectivity index (χ2v) is 7.46. The zero-order valence-corrected chi connectivity index (χ0v) is 13.6. The minimum atomic E-state index is -3.60. The molecule has 0 spiro atoms. The summed E-state index contributed by atoms with van der Waals surface area (Å²) in [5, 5.41) is 1.40. The van der Waals surface area contributed by atoms with E-state index in [0.717, 1.165) is 10.9 Å². The third kappa shape index (κ3) is 2.93. The standard InChI is InChI=1S/C18H18N2O2S/c1-20(13-14-7-3-2-4-8-14)23(21,22)18-12-6-9-15-16(18)10-5-11-17(15)19/h2-12H,13,19H2,1H3. The average molecular weight is 326 g/mol. The fraction of sp³-hybridized carbons (Fsp3) is 0.111. The number of nitrogens with zero attached hydrogens (tertiary/aromatic N) is 1. The lowest BCUT2D eigenvalue weighted by Crippen LogP contribution is -2.26. The molecule has 5 heteroatoms. The molecular formula is C18H18N2O2S. The lowest BCUT2D eigenvalue weighted by molar-refractivity contribution is 0.467. The Morgan fingerprint density at radius 2 is 1.52 bits per heavy atom. The number of nitrogens with two attached hydrogens (primary N) is 1. The Bertz CT molecular complexity index is 938. The van der Waals surface area contributed by atoms with Crippen LogP contribution in [0.4, 0.5) is 5.69 Å². The van der Waals surface area contributed by atoms with Crippen molar-refractivity contribution in [1.82, 2.24) is 4.31 Å². The van der Waals surface area contributed by atoms with E-state index >= 15 is 0 Å². The Morgan fingerprint density at radius 3 is 2.26 bits per heavy atom. The van der Waals surface area contributed by atoms with E-state index in [2.05, 4.69) is 0 Å². The molecule has 3 aromatic rings. The van der Waals surface area contributed by atoms with Gasteiger partial charge in [-0.15, -0.1) is 0 Å². The van der Waals surface area contributed by atoms with Gasteiger partial charge in [0.25, 0.3) is 0 Å². The largest absolute Gasteiger partial charge is 0.398 e. The van der Waals surface area contributed by atoms with Crippen LogP contribution in [0.5, 0.6) is 0 Å². The predicted octanol–water partition coefficient (Wildman–Crippen LogP) is 3.24. The fourth-order valence-electron chi connectivity index (χ4n) is 2.62. The molecule has 0 aliphatic rings. The van der Waals surface area contributed by atoms with E-state index in [4.69, 9.17) is 5.73 Å². The first kappa shape index (κ1) is 15.5. The zero-order valence-electron chi connectivity index (χ0n) is 12.8. The van der Waals surface area contributed by atoms with Crippen molar-refractivity contribution in [3.8, 4) is 0 Å². The van der Waals surface area contributed by atoms with Crippen molar-refractivity contribution in [3.63, 3.8) is 0 Å². The number of sulfonamides is 1. The van der Waals surface area contributed by atoms with Crippen molar-refractivity contribution >= 4 is 26.5 Å². The molecule has 0 bridgehead atoms. The van der Waals surface area contributed by atoms with Crippen LogP contribution in [0.25, 0.3) is 10.8 Å². The number of nitrogen functional groups attached to an aromatic ring is 1. The molecule has 0 radical (unpaired) electrons.